The molecular formula is C13H13F2N3. The highest BCUT2D eigenvalue weighted by atomic mass is 19.1. The predicted octanol–water partition coefficient (Wildman–Crippen LogP) is 3.08. The molecule has 0 unspecified atom stereocenters. The zero-order valence-corrected chi connectivity index (χ0v) is 10.4. The first-order valence-electron chi connectivity index (χ1n) is 5.51. The van der Waals surface area contributed by atoms with Gasteiger partial charge in [-0.05, 0) is 31.5 Å². The summed E-state index contributed by atoms with van der Waals surface area (Å²) in [5.41, 5.74) is 1.15. The molecule has 18 heavy (non-hydrogen) atoms. The Hall–Kier alpha value is -2.04. The van der Waals surface area contributed by atoms with E-state index < -0.39 is 11.6 Å². The van der Waals surface area contributed by atoms with Gasteiger partial charge in [0.15, 0.2) is 0 Å². The van der Waals surface area contributed by atoms with Crippen LogP contribution in [0.1, 0.15) is 11.3 Å². The molecule has 1 heterocycles. The second-order valence-electron chi connectivity index (χ2n) is 4.02. The van der Waals surface area contributed by atoms with Gasteiger partial charge in [0.1, 0.15) is 11.6 Å². The Balaban J connectivity index is 2.69. The van der Waals surface area contributed by atoms with Crippen molar-refractivity contribution in [1.82, 2.24) is 9.97 Å². The van der Waals surface area contributed by atoms with E-state index in [-0.39, 0.29) is 11.3 Å². The van der Waals surface area contributed by atoms with Gasteiger partial charge in [0.05, 0.1) is 11.3 Å². The minimum atomic E-state index is -0.627. The summed E-state index contributed by atoms with van der Waals surface area (Å²) in [4.78, 5) is 8.18. The van der Waals surface area contributed by atoms with Crippen molar-refractivity contribution in [3.05, 3.63) is 41.1 Å². The Kier molecular flexibility index (Phi) is 3.23. The van der Waals surface area contributed by atoms with Crippen LogP contribution >= 0.6 is 0 Å². The Morgan fingerprint density at radius 3 is 2.50 bits per heavy atom. The third-order valence-corrected chi connectivity index (χ3v) is 2.62. The number of hydrogen-bond acceptors (Lipinski definition) is 3. The largest absolute Gasteiger partial charge is 0.357 e. The second-order valence-corrected chi connectivity index (χ2v) is 4.02. The molecule has 0 amide bonds. The fourth-order valence-electron chi connectivity index (χ4n) is 1.70. The van der Waals surface area contributed by atoms with Gasteiger partial charge in [-0.15, -0.1) is 0 Å². The van der Waals surface area contributed by atoms with E-state index in [4.69, 9.17) is 0 Å². The minimum absolute atomic E-state index is 0.114. The molecule has 3 nitrogen and oxygen atoms in total. The van der Waals surface area contributed by atoms with Crippen LogP contribution < -0.4 is 5.32 Å². The summed E-state index contributed by atoms with van der Waals surface area (Å²) in [6.07, 6.45) is 0. The zero-order valence-electron chi connectivity index (χ0n) is 10.4. The molecule has 5 heteroatoms. The third kappa shape index (κ3) is 2.16. The normalized spacial score (nSPS) is 10.5. The van der Waals surface area contributed by atoms with Crippen LogP contribution in [0.5, 0.6) is 0 Å². The Morgan fingerprint density at radius 1 is 1.11 bits per heavy atom. The summed E-state index contributed by atoms with van der Waals surface area (Å²) in [7, 11) is 1.65. The van der Waals surface area contributed by atoms with Crippen molar-refractivity contribution in [1.29, 1.82) is 0 Å². The van der Waals surface area contributed by atoms with Crippen molar-refractivity contribution < 1.29 is 8.78 Å². The molecule has 0 saturated carbocycles. The van der Waals surface area contributed by atoms with Crippen LogP contribution in [-0.2, 0) is 0 Å². The summed E-state index contributed by atoms with van der Waals surface area (Å²) in [6.45, 7) is 3.34. The number of benzene rings is 1. The highest BCUT2D eigenvalue weighted by Gasteiger charge is 2.16. The zero-order chi connectivity index (χ0) is 13.3. The van der Waals surface area contributed by atoms with Gasteiger partial charge in [-0.25, -0.2) is 18.7 Å². The third-order valence-electron chi connectivity index (χ3n) is 2.62. The maximum atomic E-state index is 14.0. The van der Waals surface area contributed by atoms with Gasteiger partial charge < -0.3 is 5.32 Å². The van der Waals surface area contributed by atoms with Gasteiger partial charge in [0.25, 0.3) is 0 Å². The molecule has 1 N–H and O–H groups in total. The fraction of sp³-hybridized carbons (Fsp3) is 0.231. The van der Waals surface area contributed by atoms with E-state index in [0.717, 1.165) is 0 Å². The maximum absolute atomic E-state index is 14.0. The van der Waals surface area contributed by atoms with Crippen LogP contribution in [0.2, 0.25) is 0 Å². The van der Waals surface area contributed by atoms with Crippen LogP contribution in [0.4, 0.5) is 14.7 Å². The summed E-state index contributed by atoms with van der Waals surface area (Å²) in [6, 6.07) is 4.20. The lowest BCUT2D eigenvalue weighted by molar-refractivity contribution is 0.582. The highest BCUT2D eigenvalue weighted by Crippen LogP contribution is 2.27. The van der Waals surface area contributed by atoms with Crippen LogP contribution in [0.15, 0.2) is 18.2 Å². The molecule has 1 aromatic carbocycles. The molecule has 2 aromatic rings. The summed E-state index contributed by atoms with van der Waals surface area (Å²) in [5.74, 6) is -0.876. The first-order chi connectivity index (χ1) is 8.52. The molecule has 0 aliphatic carbocycles. The molecule has 1 aromatic heterocycles. The Labute approximate surface area is 104 Å². The van der Waals surface area contributed by atoms with E-state index in [0.29, 0.717) is 17.2 Å². The molecule has 0 radical (unpaired) electrons. The van der Waals surface area contributed by atoms with Gasteiger partial charge in [-0.3, -0.25) is 0 Å². The van der Waals surface area contributed by atoms with Crippen molar-refractivity contribution in [2.75, 3.05) is 12.4 Å². The first-order valence-corrected chi connectivity index (χ1v) is 5.51. The van der Waals surface area contributed by atoms with E-state index in [2.05, 4.69) is 15.3 Å². The van der Waals surface area contributed by atoms with E-state index in [1.54, 1.807) is 27.0 Å². The summed E-state index contributed by atoms with van der Waals surface area (Å²) in [5, 5.41) is 2.76. The topological polar surface area (TPSA) is 37.8 Å². The monoisotopic (exact) mass is 249 g/mol. The number of hydrogen-bond donors (Lipinski definition) is 1. The molecular weight excluding hydrogens is 236 g/mol. The van der Waals surface area contributed by atoms with Crippen molar-refractivity contribution in [2.45, 2.75) is 13.8 Å². The average molecular weight is 249 g/mol. The fourth-order valence-corrected chi connectivity index (χ4v) is 1.70. The van der Waals surface area contributed by atoms with Crippen molar-refractivity contribution in [2.24, 2.45) is 0 Å². The van der Waals surface area contributed by atoms with Crippen LogP contribution in [0.25, 0.3) is 11.3 Å². The number of nitrogens with zero attached hydrogens (tertiary/aromatic N) is 2. The molecule has 0 aliphatic heterocycles. The van der Waals surface area contributed by atoms with Crippen LogP contribution in [0.3, 0.4) is 0 Å². The van der Waals surface area contributed by atoms with Crippen molar-refractivity contribution >= 4 is 5.95 Å². The van der Waals surface area contributed by atoms with Gasteiger partial charge >= 0.3 is 0 Å². The number of halogens is 2. The average Bonchev–Trinajstić information content (AvgIpc) is 2.34. The number of rotatable bonds is 2. The molecule has 2 rings (SSSR count). The van der Waals surface area contributed by atoms with E-state index in [1.807, 2.05) is 0 Å². The molecule has 94 valence electrons. The quantitative estimate of drug-likeness (QED) is 0.888. The van der Waals surface area contributed by atoms with E-state index in [9.17, 15) is 8.78 Å². The van der Waals surface area contributed by atoms with Crippen LogP contribution in [-0.4, -0.2) is 17.0 Å². The Morgan fingerprint density at radius 2 is 1.83 bits per heavy atom. The standard InChI is InChI=1S/C13H13F2N3/c1-7-4-5-9(14)11(12(7)15)10-6-8(2)17-13(16-3)18-10/h4-6H,1-3H3,(H,16,17,18). The number of nitrogens with one attached hydrogen (secondary N) is 1. The van der Waals surface area contributed by atoms with Crippen molar-refractivity contribution in [3.8, 4) is 11.3 Å². The Bertz CT molecular complexity index is 597. The number of anilines is 1. The second kappa shape index (κ2) is 4.68. The lowest BCUT2D eigenvalue weighted by atomic mass is 10.1. The van der Waals surface area contributed by atoms with E-state index >= 15 is 0 Å². The first kappa shape index (κ1) is 12.4. The molecule has 0 aliphatic rings. The van der Waals surface area contributed by atoms with Gasteiger partial charge in [0.2, 0.25) is 5.95 Å². The highest BCUT2D eigenvalue weighted by molar-refractivity contribution is 5.63. The van der Waals surface area contributed by atoms with Gasteiger partial charge in [0, 0.05) is 12.7 Å². The van der Waals surface area contributed by atoms with Gasteiger partial charge in [-0.1, -0.05) is 6.07 Å². The number of aromatic nitrogens is 2. The molecule has 0 saturated heterocycles. The lowest BCUT2D eigenvalue weighted by Crippen LogP contribution is -2.02. The number of aryl methyl sites for hydroxylation is 2. The summed E-state index contributed by atoms with van der Waals surface area (Å²) >= 11 is 0. The van der Waals surface area contributed by atoms with Gasteiger partial charge in [-0.2, -0.15) is 0 Å². The van der Waals surface area contributed by atoms with E-state index in [1.165, 1.54) is 12.1 Å². The maximum Gasteiger partial charge on any atom is 0.223 e. The lowest BCUT2D eigenvalue weighted by Gasteiger charge is -2.09. The summed E-state index contributed by atoms with van der Waals surface area (Å²) < 4.78 is 27.8. The molecule has 0 fully saturated rings. The molecule has 0 bridgehead atoms. The van der Waals surface area contributed by atoms with Crippen LogP contribution in [0, 0.1) is 25.5 Å². The molecule has 0 atom stereocenters. The predicted molar refractivity (Wildman–Crippen MR) is 66.4 cm³/mol. The SMILES string of the molecule is CNc1nc(C)cc(-c2c(F)ccc(C)c2F)n1. The molecule has 0 spiro atoms. The van der Waals surface area contributed by atoms with Crippen molar-refractivity contribution in [3.63, 3.8) is 0 Å². The minimum Gasteiger partial charge on any atom is -0.357 e. The smallest absolute Gasteiger partial charge is 0.223 e.